The van der Waals surface area contributed by atoms with Gasteiger partial charge in [-0.2, -0.15) is 0 Å². The van der Waals surface area contributed by atoms with Crippen LogP contribution in [0.1, 0.15) is 0 Å². The first-order chi connectivity index (χ1) is 3.18. The van der Waals surface area contributed by atoms with Crippen molar-refractivity contribution in [1.29, 1.82) is 0 Å². The van der Waals surface area contributed by atoms with E-state index in [0.717, 1.165) is 0 Å². The van der Waals surface area contributed by atoms with Crippen LogP contribution in [-0.2, 0) is 32.1 Å². The number of halogens is 2. The van der Waals surface area contributed by atoms with Gasteiger partial charge in [0.05, 0.1) is 0 Å². The first-order valence-corrected chi connectivity index (χ1v) is 2.58. The molecule has 0 aromatic heterocycles. The molecule has 0 aliphatic heterocycles. The first-order valence-electron chi connectivity index (χ1n) is 1.61. The third kappa shape index (κ3) is 5.12. The van der Waals surface area contributed by atoms with Crippen LogP contribution in [0.25, 0.3) is 0 Å². The molecule has 0 saturated carbocycles. The van der Waals surface area contributed by atoms with Gasteiger partial charge in [-0.3, -0.25) is 4.79 Å². The van der Waals surface area contributed by atoms with Crippen LogP contribution in [0.4, 0.5) is 0 Å². The third-order valence-electron chi connectivity index (χ3n) is 0.403. The van der Waals surface area contributed by atoms with Crippen molar-refractivity contribution in [2.24, 2.45) is 0 Å². The summed E-state index contributed by atoms with van der Waals surface area (Å²) < 4.78 is 0. The summed E-state index contributed by atoms with van der Waals surface area (Å²) in [6.07, 6.45) is 0. The summed E-state index contributed by atoms with van der Waals surface area (Å²) in [5.74, 6) is -1.12. The van der Waals surface area contributed by atoms with E-state index >= 15 is 0 Å². The predicted molar refractivity (Wildman–Crippen MR) is 28.0 cm³/mol. The van der Waals surface area contributed by atoms with Gasteiger partial charge in [0, 0.05) is 33.2 Å². The van der Waals surface area contributed by atoms with Crippen molar-refractivity contribution in [2.45, 2.75) is 5.38 Å². The molecule has 0 aliphatic carbocycles. The molecular weight excluding hydrogens is 251 g/mol. The van der Waals surface area contributed by atoms with Crippen LogP contribution < -0.4 is 0 Å². The Labute approximate surface area is 77.3 Å². The summed E-state index contributed by atoms with van der Waals surface area (Å²) in [4.78, 5) is 9.71. The number of aliphatic carboxylic acids is 1. The molecule has 1 N–H and O–H groups in total. The molecule has 0 rings (SSSR count). The Balaban J connectivity index is 0. The smallest absolute Gasteiger partial charge is 0.322 e. The minimum absolute atomic E-state index is 0. The molecule has 0 aromatic rings. The maximum absolute atomic E-state index is 9.71. The predicted octanol–water partition coefficient (Wildman–Crippen LogP) is 0.915. The average Bonchev–Trinajstić information content (AvgIpc) is 1.65. The van der Waals surface area contributed by atoms with Gasteiger partial charge >= 0.3 is 5.97 Å². The molecule has 8 heavy (non-hydrogen) atoms. The Bertz CT molecular complexity index is 77.7. The molecule has 0 fully saturated rings. The molecule has 0 spiro atoms. The summed E-state index contributed by atoms with van der Waals surface area (Å²) in [6, 6.07) is 0. The van der Waals surface area contributed by atoms with Crippen LogP contribution in [0, 0.1) is 0 Å². The molecule has 0 amide bonds. The van der Waals surface area contributed by atoms with Gasteiger partial charge in [0.2, 0.25) is 0 Å². The van der Waals surface area contributed by atoms with Gasteiger partial charge in [-0.25, -0.2) is 0 Å². The van der Waals surface area contributed by atoms with Gasteiger partial charge < -0.3 is 5.11 Å². The fourth-order valence-electron chi connectivity index (χ4n) is 0.0660. The second-order valence-electron chi connectivity index (χ2n) is 0.960. The molecule has 1 atom stereocenters. The number of carboxylic acids is 1. The van der Waals surface area contributed by atoms with Gasteiger partial charge in [-0.05, 0) is 0 Å². The summed E-state index contributed by atoms with van der Waals surface area (Å²) in [5.41, 5.74) is 0. The van der Waals surface area contributed by atoms with E-state index in [1.807, 2.05) is 0 Å². The average molecular weight is 255 g/mol. The van der Waals surface area contributed by atoms with Crippen molar-refractivity contribution in [1.82, 2.24) is 0 Å². The summed E-state index contributed by atoms with van der Waals surface area (Å²) >= 11 is 10.1. The van der Waals surface area contributed by atoms with Crippen molar-refractivity contribution < 1.29 is 37.2 Å². The minimum atomic E-state index is -1.07. The molecule has 0 radical (unpaired) electrons. The maximum Gasteiger partial charge on any atom is 0.322 e. The normalized spacial score (nSPS) is 11.8. The van der Waals surface area contributed by atoms with Crippen LogP contribution in [0.15, 0.2) is 0 Å². The number of carbonyl (C=O) groups is 1. The van der Waals surface area contributed by atoms with Crippen molar-refractivity contribution in [2.75, 3.05) is 5.88 Å². The first kappa shape index (κ1) is 11.7. The molecule has 44 valence electrons. The third-order valence-corrected chi connectivity index (χ3v) is 1.21. The van der Waals surface area contributed by atoms with Crippen LogP contribution >= 0.6 is 23.2 Å². The SMILES string of the molecule is O=C(O)C(Cl)CCl.[Cd]. The number of hydrogen-bond donors (Lipinski definition) is 1. The van der Waals surface area contributed by atoms with E-state index in [1.165, 1.54) is 0 Å². The van der Waals surface area contributed by atoms with Crippen LogP contribution in [0.5, 0.6) is 0 Å². The van der Waals surface area contributed by atoms with E-state index in [1.54, 1.807) is 0 Å². The van der Waals surface area contributed by atoms with E-state index in [2.05, 4.69) is 0 Å². The fourth-order valence-corrected chi connectivity index (χ4v) is 0.198. The molecule has 0 saturated heterocycles. The Morgan fingerprint density at radius 2 is 2.12 bits per heavy atom. The second kappa shape index (κ2) is 6.10. The molecule has 2 nitrogen and oxygen atoms in total. The summed E-state index contributed by atoms with van der Waals surface area (Å²) in [7, 11) is 0. The Hall–Kier alpha value is 0.972. The van der Waals surface area contributed by atoms with Gasteiger partial charge in [0.1, 0.15) is 5.38 Å². The number of hydrogen-bond acceptors (Lipinski definition) is 1. The quantitative estimate of drug-likeness (QED) is 0.588. The van der Waals surface area contributed by atoms with Crippen molar-refractivity contribution in [3.05, 3.63) is 0 Å². The van der Waals surface area contributed by atoms with E-state index in [4.69, 9.17) is 28.3 Å². The molecule has 1 unspecified atom stereocenters. The van der Waals surface area contributed by atoms with Gasteiger partial charge in [0.15, 0.2) is 0 Å². The second-order valence-corrected chi connectivity index (χ2v) is 1.80. The molecule has 0 aliphatic rings. The van der Waals surface area contributed by atoms with Crippen molar-refractivity contribution >= 4 is 29.2 Å². The Morgan fingerprint density at radius 3 is 2.12 bits per heavy atom. The number of alkyl halides is 2. The fraction of sp³-hybridized carbons (Fsp3) is 0.667. The maximum atomic E-state index is 9.71. The van der Waals surface area contributed by atoms with Gasteiger partial charge in [-0.1, -0.05) is 0 Å². The standard InChI is InChI=1S/C3H4Cl2O2.Cd/c4-1-2(5)3(6)7;/h2H,1H2,(H,6,7);. The van der Waals surface area contributed by atoms with E-state index in [9.17, 15) is 4.79 Å². The van der Waals surface area contributed by atoms with E-state index in [-0.39, 0.29) is 33.2 Å². The molecule has 0 bridgehead atoms. The van der Waals surface area contributed by atoms with E-state index in [0.29, 0.717) is 0 Å². The molecular formula is C3H4CdCl2O2. The van der Waals surface area contributed by atoms with Crippen molar-refractivity contribution in [3.63, 3.8) is 0 Å². The van der Waals surface area contributed by atoms with Crippen molar-refractivity contribution in [3.8, 4) is 0 Å². The Morgan fingerprint density at radius 1 is 1.75 bits per heavy atom. The zero-order valence-electron chi connectivity index (χ0n) is 4.10. The molecule has 0 heterocycles. The topological polar surface area (TPSA) is 37.3 Å². The monoisotopic (exact) mass is 256 g/mol. The Kier molecular flexibility index (Phi) is 8.94. The zero-order chi connectivity index (χ0) is 5.86. The molecule has 0 aromatic carbocycles. The van der Waals surface area contributed by atoms with Crippen LogP contribution in [0.2, 0.25) is 0 Å². The largest absolute Gasteiger partial charge is 0.480 e. The summed E-state index contributed by atoms with van der Waals surface area (Å²) in [6.45, 7) is 0. The van der Waals surface area contributed by atoms with E-state index < -0.39 is 11.3 Å². The summed E-state index contributed by atoms with van der Waals surface area (Å²) in [5, 5.41) is 7.02. The minimum Gasteiger partial charge on any atom is -0.480 e. The number of carboxylic acid groups (broad SMARTS) is 1. The number of rotatable bonds is 2. The van der Waals surface area contributed by atoms with Crippen LogP contribution in [0.3, 0.4) is 0 Å². The van der Waals surface area contributed by atoms with Crippen LogP contribution in [-0.4, -0.2) is 22.3 Å². The van der Waals surface area contributed by atoms with Gasteiger partial charge in [-0.15, -0.1) is 23.2 Å². The zero-order valence-corrected chi connectivity index (χ0v) is 9.65. The van der Waals surface area contributed by atoms with Gasteiger partial charge in [0.25, 0.3) is 0 Å². The molecule has 5 heteroatoms.